The van der Waals surface area contributed by atoms with E-state index in [4.69, 9.17) is 4.74 Å². The van der Waals surface area contributed by atoms with Gasteiger partial charge in [-0.2, -0.15) is 0 Å². The van der Waals surface area contributed by atoms with E-state index in [-0.39, 0.29) is 23.5 Å². The number of nitrogens with zero attached hydrogens (tertiary/aromatic N) is 1. The molecule has 2 rings (SSSR count). The monoisotopic (exact) mass is 254 g/mol. The van der Waals surface area contributed by atoms with Gasteiger partial charge in [-0.15, -0.1) is 0 Å². The molecule has 2 fully saturated rings. The molecule has 2 amide bonds. The quantitative estimate of drug-likeness (QED) is 0.788. The second kappa shape index (κ2) is 4.53. The van der Waals surface area contributed by atoms with E-state index in [1.54, 1.807) is 11.8 Å². The van der Waals surface area contributed by atoms with Crippen LogP contribution >= 0.6 is 0 Å². The molecule has 0 radical (unpaired) electrons. The summed E-state index contributed by atoms with van der Waals surface area (Å²) in [5.74, 6) is -0.0498. The Hall–Kier alpha value is -1.10. The van der Waals surface area contributed by atoms with Crippen molar-refractivity contribution in [1.82, 2.24) is 10.2 Å². The zero-order chi connectivity index (χ0) is 13.5. The number of rotatable bonds is 2. The first-order chi connectivity index (χ1) is 8.41. The van der Waals surface area contributed by atoms with Gasteiger partial charge in [0.25, 0.3) is 0 Å². The first-order valence-corrected chi connectivity index (χ1v) is 6.67. The summed E-state index contributed by atoms with van der Waals surface area (Å²) in [7, 11) is 0. The van der Waals surface area contributed by atoms with Crippen LogP contribution in [0.4, 0.5) is 0 Å². The zero-order valence-electron chi connectivity index (χ0n) is 11.5. The molecule has 0 aliphatic carbocycles. The third kappa shape index (κ3) is 1.81. The molecule has 2 aliphatic heterocycles. The molecule has 0 saturated carbocycles. The van der Waals surface area contributed by atoms with Crippen molar-refractivity contribution in [1.29, 1.82) is 0 Å². The van der Waals surface area contributed by atoms with Gasteiger partial charge >= 0.3 is 0 Å². The summed E-state index contributed by atoms with van der Waals surface area (Å²) in [5, 5.41) is 2.78. The van der Waals surface area contributed by atoms with Crippen LogP contribution in [-0.2, 0) is 14.3 Å². The van der Waals surface area contributed by atoms with Crippen LogP contribution in [-0.4, -0.2) is 47.0 Å². The summed E-state index contributed by atoms with van der Waals surface area (Å²) in [6.45, 7) is 8.33. The van der Waals surface area contributed by atoms with Gasteiger partial charge in [-0.25, -0.2) is 0 Å². The third-order valence-electron chi connectivity index (χ3n) is 4.43. The van der Waals surface area contributed by atoms with Crippen molar-refractivity contribution in [2.24, 2.45) is 0 Å². The Kier molecular flexibility index (Phi) is 3.36. The summed E-state index contributed by atoms with van der Waals surface area (Å²) in [5.41, 5.74) is -0.373. The van der Waals surface area contributed by atoms with E-state index in [1.807, 2.05) is 20.8 Å². The number of nitrogens with one attached hydrogen (secondary N) is 1. The predicted octanol–water partition coefficient (Wildman–Crippen LogP) is 0.679. The fourth-order valence-corrected chi connectivity index (χ4v) is 2.94. The molecule has 0 bridgehead atoms. The van der Waals surface area contributed by atoms with Crippen molar-refractivity contribution >= 4 is 11.8 Å². The summed E-state index contributed by atoms with van der Waals surface area (Å²) >= 11 is 0. The minimum Gasteiger partial charge on any atom is -0.376 e. The molecule has 1 N–H and O–H groups in total. The van der Waals surface area contributed by atoms with E-state index < -0.39 is 12.1 Å². The Balaban J connectivity index is 2.33. The van der Waals surface area contributed by atoms with Gasteiger partial charge in [-0.05, 0) is 33.6 Å². The normalized spacial score (nSPS) is 41.1. The van der Waals surface area contributed by atoms with Gasteiger partial charge in [0.15, 0.2) is 0 Å². The predicted molar refractivity (Wildman–Crippen MR) is 67.0 cm³/mol. The highest BCUT2D eigenvalue weighted by Crippen LogP contribution is 2.35. The SMILES string of the molecule is CCC1NC(=O)C(C)N(C2(C)CCOC2C)C1=O. The maximum Gasteiger partial charge on any atom is 0.246 e. The molecular formula is C13H22N2O3. The Bertz CT molecular complexity index is 371. The second-order valence-electron chi connectivity index (χ2n) is 5.47. The number of piperazine rings is 1. The van der Waals surface area contributed by atoms with Crippen LogP contribution < -0.4 is 5.32 Å². The number of carbonyl (C=O) groups is 2. The Morgan fingerprint density at radius 2 is 2.11 bits per heavy atom. The first kappa shape index (κ1) is 13.3. The van der Waals surface area contributed by atoms with Crippen molar-refractivity contribution < 1.29 is 14.3 Å². The minimum atomic E-state index is -0.422. The molecule has 2 aliphatic rings. The number of amides is 2. The number of ether oxygens (including phenoxy) is 1. The molecule has 0 aromatic rings. The first-order valence-electron chi connectivity index (χ1n) is 6.67. The van der Waals surface area contributed by atoms with Crippen LogP contribution in [0.15, 0.2) is 0 Å². The van der Waals surface area contributed by atoms with Crippen molar-refractivity contribution in [2.75, 3.05) is 6.61 Å². The van der Waals surface area contributed by atoms with Crippen molar-refractivity contribution in [2.45, 2.75) is 64.3 Å². The summed E-state index contributed by atoms with van der Waals surface area (Å²) in [6.07, 6.45) is 1.37. The summed E-state index contributed by atoms with van der Waals surface area (Å²) < 4.78 is 5.60. The Morgan fingerprint density at radius 1 is 1.44 bits per heavy atom. The largest absolute Gasteiger partial charge is 0.376 e. The van der Waals surface area contributed by atoms with E-state index in [9.17, 15) is 9.59 Å². The average Bonchev–Trinajstić information content (AvgIpc) is 2.65. The van der Waals surface area contributed by atoms with Crippen molar-refractivity contribution in [3.05, 3.63) is 0 Å². The molecule has 4 atom stereocenters. The molecule has 5 heteroatoms. The molecule has 0 aromatic heterocycles. The summed E-state index contributed by atoms with van der Waals surface area (Å²) in [6, 6.07) is -0.812. The van der Waals surface area contributed by atoms with Gasteiger partial charge in [-0.3, -0.25) is 9.59 Å². The molecule has 0 spiro atoms. The van der Waals surface area contributed by atoms with Crippen LogP contribution in [0.25, 0.3) is 0 Å². The van der Waals surface area contributed by atoms with Crippen LogP contribution in [0.2, 0.25) is 0 Å². The highest BCUT2D eigenvalue weighted by molar-refractivity contribution is 5.97. The fraction of sp³-hybridized carbons (Fsp3) is 0.846. The lowest BCUT2D eigenvalue weighted by Crippen LogP contribution is -2.69. The molecule has 2 heterocycles. The second-order valence-corrected chi connectivity index (χ2v) is 5.47. The highest BCUT2D eigenvalue weighted by atomic mass is 16.5. The molecular weight excluding hydrogens is 232 g/mol. The van der Waals surface area contributed by atoms with E-state index in [0.29, 0.717) is 13.0 Å². The van der Waals surface area contributed by atoms with Crippen molar-refractivity contribution in [3.63, 3.8) is 0 Å². The molecule has 0 aromatic carbocycles. The van der Waals surface area contributed by atoms with Gasteiger partial charge in [-0.1, -0.05) is 6.92 Å². The number of hydrogen-bond acceptors (Lipinski definition) is 3. The third-order valence-corrected chi connectivity index (χ3v) is 4.43. The van der Waals surface area contributed by atoms with E-state index in [0.717, 1.165) is 6.42 Å². The Labute approximate surface area is 108 Å². The zero-order valence-corrected chi connectivity index (χ0v) is 11.5. The number of hydrogen-bond donors (Lipinski definition) is 1. The minimum absolute atomic E-state index is 0.0180. The lowest BCUT2D eigenvalue weighted by atomic mass is 9.88. The highest BCUT2D eigenvalue weighted by Gasteiger charge is 2.51. The van der Waals surface area contributed by atoms with Gasteiger partial charge < -0.3 is 15.0 Å². The average molecular weight is 254 g/mol. The van der Waals surface area contributed by atoms with E-state index >= 15 is 0 Å². The van der Waals surface area contributed by atoms with Crippen LogP contribution in [0.3, 0.4) is 0 Å². The standard InChI is InChI=1S/C13H22N2O3/c1-5-10-12(17)15(8(2)11(16)14-10)13(4)6-7-18-9(13)3/h8-10H,5-7H2,1-4H3,(H,14,16). The molecule has 5 nitrogen and oxygen atoms in total. The fourth-order valence-electron chi connectivity index (χ4n) is 2.94. The maximum absolute atomic E-state index is 12.5. The van der Waals surface area contributed by atoms with E-state index in [1.165, 1.54) is 0 Å². The Morgan fingerprint density at radius 3 is 2.61 bits per heavy atom. The molecule has 102 valence electrons. The van der Waals surface area contributed by atoms with Gasteiger partial charge in [0, 0.05) is 6.61 Å². The maximum atomic E-state index is 12.5. The lowest BCUT2D eigenvalue weighted by Gasteiger charge is -2.47. The van der Waals surface area contributed by atoms with Crippen LogP contribution in [0, 0.1) is 0 Å². The smallest absolute Gasteiger partial charge is 0.246 e. The topological polar surface area (TPSA) is 58.6 Å². The van der Waals surface area contributed by atoms with Crippen LogP contribution in [0.1, 0.15) is 40.5 Å². The van der Waals surface area contributed by atoms with Gasteiger partial charge in [0.2, 0.25) is 11.8 Å². The lowest BCUT2D eigenvalue weighted by molar-refractivity contribution is -0.158. The molecule has 18 heavy (non-hydrogen) atoms. The van der Waals surface area contributed by atoms with Crippen molar-refractivity contribution in [3.8, 4) is 0 Å². The van der Waals surface area contributed by atoms with Crippen LogP contribution in [0.5, 0.6) is 0 Å². The molecule has 2 saturated heterocycles. The summed E-state index contributed by atoms with van der Waals surface area (Å²) in [4.78, 5) is 26.2. The number of carbonyl (C=O) groups excluding carboxylic acids is 2. The van der Waals surface area contributed by atoms with Gasteiger partial charge in [0.05, 0.1) is 11.6 Å². The molecule has 4 unspecified atom stereocenters. The van der Waals surface area contributed by atoms with Gasteiger partial charge in [0.1, 0.15) is 12.1 Å². The van der Waals surface area contributed by atoms with E-state index in [2.05, 4.69) is 5.32 Å².